The highest BCUT2D eigenvalue weighted by molar-refractivity contribution is 5.94. The molecule has 0 atom stereocenters. The minimum absolute atomic E-state index is 0.201. The van der Waals surface area contributed by atoms with Gasteiger partial charge in [-0.05, 0) is 17.7 Å². The molecule has 5 nitrogen and oxygen atoms in total. The van der Waals surface area contributed by atoms with Crippen LogP contribution in [0.2, 0.25) is 0 Å². The molecule has 1 aromatic carbocycles. The van der Waals surface area contributed by atoms with Gasteiger partial charge in [0.25, 0.3) is 5.91 Å². The zero-order valence-corrected chi connectivity index (χ0v) is 8.60. The predicted molar refractivity (Wildman–Crippen MR) is 62.8 cm³/mol. The molecule has 0 saturated heterocycles. The van der Waals surface area contributed by atoms with Gasteiger partial charge in [0, 0.05) is 17.1 Å². The van der Waals surface area contributed by atoms with E-state index in [0.29, 0.717) is 0 Å². The average Bonchev–Trinajstić information content (AvgIpc) is 2.65. The molecule has 82 valence electrons. The van der Waals surface area contributed by atoms with Gasteiger partial charge >= 0.3 is 0 Å². The first-order valence-corrected chi connectivity index (χ1v) is 4.84. The molecule has 1 aromatic heterocycles. The van der Waals surface area contributed by atoms with Crippen LogP contribution in [-0.2, 0) is 11.2 Å². The van der Waals surface area contributed by atoms with E-state index in [1.807, 2.05) is 30.5 Å². The third kappa shape index (κ3) is 2.03. The number of carbonyl (C=O) groups excluding carboxylic acids is 1. The Kier molecular flexibility index (Phi) is 2.59. The average molecular weight is 216 g/mol. The number of carbonyl (C=O) groups is 1. The number of amides is 1. The summed E-state index contributed by atoms with van der Waals surface area (Å²) in [4.78, 5) is 18.0. The summed E-state index contributed by atoms with van der Waals surface area (Å²) >= 11 is 0. The molecule has 0 radical (unpaired) electrons. The largest absolute Gasteiger partial charge is 0.370 e. The molecule has 2 aromatic rings. The van der Waals surface area contributed by atoms with E-state index in [4.69, 9.17) is 11.5 Å². The lowest BCUT2D eigenvalue weighted by Crippen LogP contribution is -2.24. The number of H-pyrrole nitrogens is 1. The second-order valence-corrected chi connectivity index (χ2v) is 3.46. The summed E-state index contributed by atoms with van der Waals surface area (Å²) in [5, 5.41) is 1.02. The minimum atomic E-state index is -0.339. The smallest absolute Gasteiger partial charge is 0.253 e. The fourth-order valence-corrected chi connectivity index (χ4v) is 1.65. The number of nitrogens with zero attached hydrogens (tertiary/aromatic N) is 1. The molecule has 16 heavy (non-hydrogen) atoms. The van der Waals surface area contributed by atoms with Crippen molar-refractivity contribution in [2.45, 2.75) is 6.42 Å². The van der Waals surface area contributed by atoms with Crippen LogP contribution in [-0.4, -0.2) is 16.9 Å². The first-order valence-electron chi connectivity index (χ1n) is 4.84. The summed E-state index contributed by atoms with van der Waals surface area (Å²) in [6, 6.07) is 7.64. The maximum Gasteiger partial charge on any atom is 0.253 e. The molecule has 5 N–H and O–H groups in total. The van der Waals surface area contributed by atoms with E-state index in [-0.39, 0.29) is 18.3 Å². The fourth-order valence-electron chi connectivity index (χ4n) is 1.65. The number of fused-ring (bicyclic) bond motifs is 1. The number of nitrogens with one attached hydrogen (secondary N) is 1. The lowest BCUT2D eigenvalue weighted by Gasteiger charge is -2.00. The van der Waals surface area contributed by atoms with Gasteiger partial charge in [-0.25, -0.2) is 0 Å². The first kappa shape index (κ1) is 10.2. The van der Waals surface area contributed by atoms with E-state index in [9.17, 15) is 4.79 Å². The number of aromatic amines is 1. The molecule has 0 unspecified atom stereocenters. The Bertz CT molecular complexity index is 552. The lowest BCUT2D eigenvalue weighted by atomic mass is 10.1. The van der Waals surface area contributed by atoms with Crippen molar-refractivity contribution < 1.29 is 4.79 Å². The minimum Gasteiger partial charge on any atom is -0.370 e. The van der Waals surface area contributed by atoms with Crippen molar-refractivity contribution in [3.63, 3.8) is 0 Å². The number of aromatic nitrogens is 1. The van der Waals surface area contributed by atoms with Gasteiger partial charge in [0.15, 0.2) is 5.96 Å². The third-order valence-corrected chi connectivity index (χ3v) is 2.28. The molecule has 0 fully saturated rings. The van der Waals surface area contributed by atoms with Gasteiger partial charge < -0.3 is 16.5 Å². The molecule has 0 spiro atoms. The number of guanidine groups is 1. The quantitative estimate of drug-likeness (QED) is 0.504. The maximum atomic E-state index is 11.4. The van der Waals surface area contributed by atoms with Gasteiger partial charge in [-0.1, -0.05) is 12.1 Å². The van der Waals surface area contributed by atoms with Crippen LogP contribution in [0, 0.1) is 0 Å². The van der Waals surface area contributed by atoms with Gasteiger partial charge in [-0.3, -0.25) is 4.79 Å². The van der Waals surface area contributed by atoms with Gasteiger partial charge in [0.2, 0.25) is 0 Å². The van der Waals surface area contributed by atoms with Crippen LogP contribution in [0.4, 0.5) is 0 Å². The summed E-state index contributed by atoms with van der Waals surface area (Å²) in [5.74, 6) is -0.542. The fraction of sp³-hybridized carbons (Fsp3) is 0.0909. The molecule has 1 heterocycles. The van der Waals surface area contributed by atoms with E-state index >= 15 is 0 Å². The highest BCUT2D eigenvalue weighted by Crippen LogP contribution is 2.17. The molecule has 0 saturated carbocycles. The molecule has 1 amide bonds. The van der Waals surface area contributed by atoms with Crippen LogP contribution in [0.1, 0.15) is 5.56 Å². The molecule has 0 aliphatic heterocycles. The first-order chi connectivity index (χ1) is 7.66. The second kappa shape index (κ2) is 4.06. The van der Waals surface area contributed by atoms with Crippen molar-refractivity contribution in [3.8, 4) is 0 Å². The van der Waals surface area contributed by atoms with E-state index in [2.05, 4.69) is 9.98 Å². The number of nitrogens with two attached hydrogens (primary N) is 2. The van der Waals surface area contributed by atoms with Crippen LogP contribution in [0.3, 0.4) is 0 Å². The summed E-state index contributed by atoms with van der Waals surface area (Å²) in [6.45, 7) is 0. The third-order valence-electron chi connectivity index (χ3n) is 2.28. The van der Waals surface area contributed by atoms with Crippen molar-refractivity contribution in [2.75, 3.05) is 0 Å². The van der Waals surface area contributed by atoms with Crippen LogP contribution < -0.4 is 11.5 Å². The van der Waals surface area contributed by atoms with Crippen LogP contribution in [0.15, 0.2) is 35.5 Å². The summed E-state index contributed by atoms with van der Waals surface area (Å²) in [7, 11) is 0. The van der Waals surface area contributed by atoms with Gasteiger partial charge in [-0.2, -0.15) is 4.99 Å². The van der Waals surface area contributed by atoms with E-state index in [0.717, 1.165) is 16.5 Å². The number of benzene rings is 1. The van der Waals surface area contributed by atoms with E-state index in [1.165, 1.54) is 0 Å². The standard InChI is InChI=1S/C11H12N4O/c12-11(13)15-10(16)6-7-2-1-3-9-8(7)4-5-14-9/h1-5,14H,6H2,(H4,12,13,15,16). The Morgan fingerprint density at radius 1 is 1.31 bits per heavy atom. The Hall–Kier alpha value is -2.30. The van der Waals surface area contributed by atoms with Gasteiger partial charge in [-0.15, -0.1) is 0 Å². The highest BCUT2D eigenvalue weighted by Gasteiger charge is 2.06. The van der Waals surface area contributed by atoms with Crippen molar-refractivity contribution in [3.05, 3.63) is 36.0 Å². The van der Waals surface area contributed by atoms with E-state index < -0.39 is 0 Å². The van der Waals surface area contributed by atoms with Crippen molar-refractivity contribution in [2.24, 2.45) is 16.5 Å². The predicted octanol–water partition coefficient (Wildman–Crippen LogP) is 0.510. The Balaban J connectivity index is 2.31. The maximum absolute atomic E-state index is 11.4. The number of aliphatic imine (C=N–C) groups is 1. The topological polar surface area (TPSA) is 97.3 Å². The Labute approximate surface area is 92.2 Å². The Morgan fingerprint density at radius 3 is 2.88 bits per heavy atom. The van der Waals surface area contributed by atoms with Gasteiger partial charge in [0.05, 0.1) is 6.42 Å². The van der Waals surface area contributed by atoms with Gasteiger partial charge in [0.1, 0.15) is 0 Å². The van der Waals surface area contributed by atoms with Crippen LogP contribution >= 0.6 is 0 Å². The lowest BCUT2D eigenvalue weighted by molar-refractivity contribution is -0.117. The molecule has 5 heteroatoms. The van der Waals surface area contributed by atoms with E-state index in [1.54, 1.807) is 0 Å². The number of hydrogen-bond acceptors (Lipinski definition) is 1. The molecular formula is C11H12N4O. The number of rotatable bonds is 2. The molecule has 0 aliphatic carbocycles. The second-order valence-electron chi connectivity index (χ2n) is 3.46. The normalized spacial score (nSPS) is 10.2. The van der Waals surface area contributed by atoms with Crippen molar-refractivity contribution >= 4 is 22.8 Å². The summed E-state index contributed by atoms with van der Waals surface area (Å²) in [6.07, 6.45) is 2.03. The molecule has 0 bridgehead atoms. The highest BCUT2D eigenvalue weighted by atomic mass is 16.1. The van der Waals surface area contributed by atoms with Crippen LogP contribution in [0.5, 0.6) is 0 Å². The van der Waals surface area contributed by atoms with Crippen LogP contribution in [0.25, 0.3) is 10.9 Å². The zero-order chi connectivity index (χ0) is 11.5. The zero-order valence-electron chi connectivity index (χ0n) is 8.60. The molecular weight excluding hydrogens is 204 g/mol. The van der Waals surface area contributed by atoms with Crippen molar-refractivity contribution in [1.29, 1.82) is 0 Å². The molecule has 2 rings (SSSR count). The monoisotopic (exact) mass is 216 g/mol. The van der Waals surface area contributed by atoms with Crippen molar-refractivity contribution in [1.82, 2.24) is 4.98 Å². The summed E-state index contributed by atoms with van der Waals surface area (Å²) < 4.78 is 0. The Morgan fingerprint density at radius 2 is 2.12 bits per heavy atom. The molecule has 0 aliphatic rings. The SMILES string of the molecule is NC(N)=NC(=O)Cc1cccc2[nH]ccc12. The summed E-state index contributed by atoms with van der Waals surface area (Å²) in [5.41, 5.74) is 12.2. The number of hydrogen-bond donors (Lipinski definition) is 3.